The summed E-state index contributed by atoms with van der Waals surface area (Å²) in [6.45, 7) is 4.39. The minimum atomic E-state index is -3.65. The maximum absolute atomic E-state index is 12.5. The number of aliphatic hydroxyl groups is 1. The number of hydrogen-bond donors (Lipinski definition) is 1. The highest BCUT2D eigenvalue weighted by molar-refractivity contribution is 7.89. The number of nitrogens with zero attached hydrogens (tertiary/aromatic N) is 1. The number of aliphatic hydroxyl groups excluding tert-OH is 1. The molecule has 1 aromatic rings. The van der Waals surface area contributed by atoms with Gasteiger partial charge in [-0.25, -0.2) is 8.42 Å². The van der Waals surface area contributed by atoms with E-state index in [2.05, 4.69) is 0 Å². The Hall–Kier alpha value is -0.660. The van der Waals surface area contributed by atoms with Crippen molar-refractivity contribution in [3.63, 3.8) is 0 Å². The Bertz CT molecular complexity index is 560. The standard InChI is InChI=1S/C13H20ClNO4S/c1-4-19-6-5-15(3)20(17,18)13-8-12(14)7-11(9-16)10(13)2/h7-8,16H,4-6,9H2,1-3H3. The Kier molecular flexibility index (Phi) is 6.42. The van der Waals surface area contributed by atoms with Crippen LogP contribution in [0.25, 0.3) is 0 Å². The molecule has 0 saturated heterocycles. The van der Waals surface area contributed by atoms with Crippen molar-refractivity contribution in [3.8, 4) is 0 Å². The van der Waals surface area contributed by atoms with Crippen LogP contribution in [0.15, 0.2) is 17.0 Å². The zero-order valence-electron chi connectivity index (χ0n) is 11.9. The first-order valence-corrected chi connectivity index (χ1v) is 8.10. The molecule has 0 heterocycles. The summed E-state index contributed by atoms with van der Waals surface area (Å²) in [5.74, 6) is 0. The molecule has 0 radical (unpaired) electrons. The van der Waals surface area contributed by atoms with Crippen molar-refractivity contribution in [1.29, 1.82) is 0 Å². The first-order chi connectivity index (χ1) is 9.34. The van der Waals surface area contributed by atoms with Crippen molar-refractivity contribution in [3.05, 3.63) is 28.3 Å². The van der Waals surface area contributed by atoms with Crippen molar-refractivity contribution in [2.45, 2.75) is 25.3 Å². The maximum atomic E-state index is 12.5. The summed E-state index contributed by atoms with van der Waals surface area (Å²) in [7, 11) is -2.15. The molecule has 0 aliphatic rings. The molecule has 0 unspecified atom stereocenters. The average Bonchev–Trinajstić information content (AvgIpc) is 2.40. The predicted octanol–water partition coefficient (Wildman–Crippen LogP) is 1.80. The molecule has 0 spiro atoms. The second kappa shape index (κ2) is 7.38. The van der Waals surface area contributed by atoms with Gasteiger partial charge in [-0.15, -0.1) is 0 Å². The fourth-order valence-electron chi connectivity index (χ4n) is 1.77. The van der Waals surface area contributed by atoms with E-state index in [0.29, 0.717) is 24.3 Å². The molecular weight excluding hydrogens is 302 g/mol. The van der Waals surface area contributed by atoms with E-state index in [4.69, 9.17) is 16.3 Å². The lowest BCUT2D eigenvalue weighted by molar-refractivity contribution is 0.138. The van der Waals surface area contributed by atoms with Crippen molar-refractivity contribution in [2.75, 3.05) is 26.8 Å². The largest absolute Gasteiger partial charge is 0.392 e. The number of benzene rings is 1. The lowest BCUT2D eigenvalue weighted by Crippen LogP contribution is -2.31. The summed E-state index contributed by atoms with van der Waals surface area (Å²) in [6.07, 6.45) is 0. The molecule has 1 aromatic carbocycles. The molecule has 0 bridgehead atoms. The van der Waals surface area contributed by atoms with Gasteiger partial charge in [-0.3, -0.25) is 0 Å². The summed E-state index contributed by atoms with van der Waals surface area (Å²) in [5.41, 5.74) is 1.02. The second-order valence-corrected chi connectivity index (χ2v) is 6.82. The molecule has 0 aromatic heterocycles. The molecule has 0 atom stereocenters. The highest BCUT2D eigenvalue weighted by Gasteiger charge is 2.24. The average molecular weight is 322 g/mol. The van der Waals surface area contributed by atoms with Crippen LogP contribution in [0, 0.1) is 6.92 Å². The van der Waals surface area contributed by atoms with Gasteiger partial charge in [-0.05, 0) is 37.1 Å². The summed E-state index contributed by atoms with van der Waals surface area (Å²) in [6, 6.07) is 2.97. The monoisotopic (exact) mass is 321 g/mol. The van der Waals surface area contributed by atoms with Gasteiger partial charge in [0.2, 0.25) is 10.0 Å². The SMILES string of the molecule is CCOCCN(C)S(=O)(=O)c1cc(Cl)cc(CO)c1C. The molecule has 0 aliphatic carbocycles. The van der Waals surface area contributed by atoms with Gasteiger partial charge in [0.05, 0.1) is 18.1 Å². The van der Waals surface area contributed by atoms with E-state index in [-0.39, 0.29) is 23.1 Å². The van der Waals surface area contributed by atoms with Crippen LogP contribution in [0.1, 0.15) is 18.1 Å². The minimum absolute atomic E-state index is 0.119. The van der Waals surface area contributed by atoms with Crippen LogP contribution in [0.4, 0.5) is 0 Å². The third-order valence-electron chi connectivity index (χ3n) is 3.05. The van der Waals surface area contributed by atoms with E-state index in [1.807, 2.05) is 6.92 Å². The molecule has 0 fully saturated rings. The second-order valence-electron chi connectivity index (χ2n) is 4.37. The molecule has 0 aliphatic heterocycles. The smallest absolute Gasteiger partial charge is 0.243 e. The Morgan fingerprint density at radius 3 is 2.60 bits per heavy atom. The van der Waals surface area contributed by atoms with E-state index in [9.17, 15) is 13.5 Å². The molecule has 5 nitrogen and oxygen atoms in total. The fraction of sp³-hybridized carbons (Fsp3) is 0.538. The molecule has 0 saturated carbocycles. The molecule has 1 rings (SSSR count). The number of ether oxygens (including phenoxy) is 1. The molecule has 1 N–H and O–H groups in total. The van der Waals surface area contributed by atoms with Gasteiger partial charge >= 0.3 is 0 Å². The van der Waals surface area contributed by atoms with Crippen LogP contribution in [0.3, 0.4) is 0 Å². The van der Waals surface area contributed by atoms with E-state index in [1.165, 1.54) is 17.4 Å². The Labute approximate surface area is 125 Å². The van der Waals surface area contributed by atoms with Crippen LogP contribution < -0.4 is 0 Å². The van der Waals surface area contributed by atoms with Gasteiger partial charge in [0.15, 0.2) is 0 Å². The number of rotatable bonds is 7. The van der Waals surface area contributed by atoms with Gasteiger partial charge in [0, 0.05) is 25.2 Å². The van der Waals surface area contributed by atoms with E-state index < -0.39 is 10.0 Å². The predicted molar refractivity (Wildman–Crippen MR) is 78.4 cm³/mol. The number of halogens is 1. The van der Waals surface area contributed by atoms with E-state index in [1.54, 1.807) is 13.0 Å². The molecule has 20 heavy (non-hydrogen) atoms. The summed E-state index contributed by atoms with van der Waals surface area (Å²) in [4.78, 5) is 0.119. The van der Waals surface area contributed by atoms with Crippen LogP contribution in [-0.2, 0) is 21.4 Å². The number of hydrogen-bond acceptors (Lipinski definition) is 4. The first-order valence-electron chi connectivity index (χ1n) is 6.28. The Balaban J connectivity index is 3.12. The van der Waals surface area contributed by atoms with Crippen LogP contribution in [0.5, 0.6) is 0 Å². The van der Waals surface area contributed by atoms with E-state index >= 15 is 0 Å². The van der Waals surface area contributed by atoms with Gasteiger partial charge in [0.1, 0.15) is 0 Å². The summed E-state index contributed by atoms with van der Waals surface area (Å²) >= 11 is 5.92. The molecule has 114 valence electrons. The van der Waals surface area contributed by atoms with Gasteiger partial charge in [0.25, 0.3) is 0 Å². The number of likely N-dealkylation sites (N-methyl/N-ethyl adjacent to an activating group) is 1. The number of sulfonamides is 1. The summed E-state index contributed by atoms with van der Waals surface area (Å²) < 4.78 is 31.4. The zero-order valence-corrected chi connectivity index (χ0v) is 13.5. The zero-order chi connectivity index (χ0) is 15.3. The van der Waals surface area contributed by atoms with Crippen molar-refractivity contribution in [1.82, 2.24) is 4.31 Å². The lowest BCUT2D eigenvalue weighted by atomic mass is 10.1. The van der Waals surface area contributed by atoms with Crippen LogP contribution >= 0.6 is 11.6 Å². The third kappa shape index (κ3) is 3.93. The molecule has 7 heteroatoms. The fourth-order valence-corrected chi connectivity index (χ4v) is 3.52. The third-order valence-corrected chi connectivity index (χ3v) is 5.25. The quantitative estimate of drug-likeness (QED) is 0.778. The van der Waals surface area contributed by atoms with Crippen molar-refractivity contribution < 1.29 is 18.3 Å². The lowest BCUT2D eigenvalue weighted by Gasteiger charge is -2.19. The normalized spacial score (nSPS) is 12.1. The highest BCUT2D eigenvalue weighted by Crippen LogP contribution is 2.26. The Morgan fingerprint density at radius 1 is 1.40 bits per heavy atom. The molecular formula is C13H20ClNO4S. The van der Waals surface area contributed by atoms with Gasteiger partial charge < -0.3 is 9.84 Å². The maximum Gasteiger partial charge on any atom is 0.243 e. The topological polar surface area (TPSA) is 66.8 Å². The van der Waals surface area contributed by atoms with E-state index in [0.717, 1.165) is 0 Å². The molecule has 0 amide bonds. The minimum Gasteiger partial charge on any atom is -0.392 e. The summed E-state index contributed by atoms with van der Waals surface area (Å²) in [5, 5.41) is 9.55. The van der Waals surface area contributed by atoms with Crippen LogP contribution in [0.2, 0.25) is 5.02 Å². The van der Waals surface area contributed by atoms with Crippen molar-refractivity contribution in [2.24, 2.45) is 0 Å². The van der Waals surface area contributed by atoms with Crippen molar-refractivity contribution >= 4 is 21.6 Å². The highest BCUT2D eigenvalue weighted by atomic mass is 35.5. The van der Waals surface area contributed by atoms with Gasteiger partial charge in [-0.2, -0.15) is 4.31 Å². The Morgan fingerprint density at radius 2 is 2.05 bits per heavy atom. The van der Waals surface area contributed by atoms with Crippen LogP contribution in [-0.4, -0.2) is 44.6 Å². The van der Waals surface area contributed by atoms with Gasteiger partial charge in [-0.1, -0.05) is 11.6 Å². The first kappa shape index (κ1) is 17.4.